The molecule has 0 saturated heterocycles. The van der Waals surface area contributed by atoms with Crippen LogP contribution in [0.4, 0.5) is 5.69 Å². The van der Waals surface area contributed by atoms with Gasteiger partial charge in [0, 0.05) is 22.2 Å². The van der Waals surface area contributed by atoms with E-state index < -0.39 is 23.4 Å². The molecule has 0 aliphatic heterocycles. The summed E-state index contributed by atoms with van der Waals surface area (Å²) < 4.78 is 5.75. The van der Waals surface area contributed by atoms with E-state index in [1.165, 1.54) is 41.8 Å². The number of non-ortho nitro benzene ring substituents is 1. The van der Waals surface area contributed by atoms with Crippen LogP contribution in [0, 0.1) is 10.1 Å². The van der Waals surface area contributed by atoms with Crippen LogP contribution in [0.1, 0.15) is 15.2 Å². The first-order valence-corrected chi connectivity index (χ1v) is 9.67. The Morgan fingerprint density at radius 2 is 1.93 bits per heavy atom. The van der Waals surface area contributed by atoms with Crippen molar-refractivity contribution >= 4 is 68.4 Å². The maximum Gasteiger partial charge on any atom is 0.341 e. The zero-order valence-corrected chi connectivity index (χ0v) is 17.1. The molecule has 1 aromatic heterocycles. The summed E-state index contributed by atoms with van der Waals surface area (Å²) in [7, 11) is 0. The van der Waals surface area contributed by atoms with Gasteiger partial charge in [-0.2, -0.15) is 5.10 Å². The van der Waals surface area contributed by atoms with Gasteiger partial charge in [-0.1, -0.05) is 23.2 Å². The summed E-state index contributed by atoms with van der Waals surface area (Å²) in [4.78, 5) is 33.6. The van der Waals surface area contributed by atoms with E-state index in [4.69, 9.17) is 33.0 Å². The molecule has 1 amide bonds. The number of carbonyl (C=O) groups is 2. The van der Waals surface area contributed by atoms with Crippen molar-refractivity contribution in [1.82, 2.24) is 5.43 Å². The molecule has 1 heterocycles. The molecule has 0 atom stereocenters. The molecule has 0 bridgehead atoms. The molecule has 0 spiro atoms. The van der Waals surface area contributed by atoms with E-state index in [1.807, 2.05) is 0 Å². The molecule has 3 aromatic rings. The van der Waals surface area contributed by atoms with Crippen LogP contribution < -0.4 is 10.2 Å². The minimum absolute atomic E-state index is 0.0290. The van der Waals surface area contributed by atoms with Gasteiger partial charge in [-0.3, -0.25) is 14.9 Å². The van der Waals surface area contributed by atoms with Crippen LogP contribution in [0.3, 0.4) is 0 Å². The van der Waals surface area contributed by atoms with Gasteiger partial charge in [0.25, 0.3) is 11.6 Å². The van der Waals surface area contributed by atoms with Crippen LogP contribution in [0.2, 0.25) is 10.0 Å². The number of rotatable bonds is 7. The summed E-state index contributed by atoms with van der Waals surface area (Å²) in [6.07, 6.45) is 1.30. The molecule has 154 valence electrons. The van der Waals surface area contributed by atoms with Crippen molar-refractivity contribution in [1.29, 1.82) is 0 Å². The fourth-order valence-electron chi connectivity index (χ4n) is 2.40. The van der Waals surface area contributed by atoms with Gasteiger partial charge in [-0.25, -0.2) is 10.2 Å². The van der Waals surface area contributed by atoms with Crippen LogP contribution in [-0.2, 0) is 4.79 Å². The number of thiophene rings is 1. The summed E-state index contributed by atoms with van der Waals surface area (Å²) in [5.41, 5.74) is 2.74. The number of aliphatic carboxylic acids is 1. The first-order chi connectivity index (χ1) is 14.2. The van der Waals surface area contributed by atoms with E-state index in [-0.39, 0.29) is 21.5 Å². The van der Waals surface area contributed by atoms with Crippen molar-refractivity contribution in [3.05, 3.63) is 67.0 Å². The van der Waals surface area contributed by atoms with Gasteiger partial charge in [0.1, 0.15) is 0 Å². The first-order valence-electron chi connectivity index (χ1n) is 8.09. The van der Waals surface area contributed by atoms with Crippen molar-refractivity contribution in [3.63, 3.8) is 0 Å². The average Bonchev–Trinajstić information content (AvgIpc) is 3.10. The van der Waals surface area contributed by atoms with Gasteiger partial charge in [0.05, 0.1) is 26.1 Å². The number of halogens is 2. The molecule has 0 fully saturated rings. The van der Waals surface area contributed by atoms with E-state index in [9.17, 15) is 19.7 Å². The molecule has 3 rings (SSSR count). The number of hydrazone groups is 1. The molecule has 0 radical (unpaired) electrons. The molecular weight excluding hydrogens is 457 g/mol. The minimum Gasteiger partial charge on any atom is -0.479 e. The van der Waals surface area contributed by atoms with Gasteiger partial charge in [0.15, 0.2) is 12.4 Å². The van der Waals surface area contributed by atoms with Crippen molar-refractivity contribution in [2.24, 2.45) is 5.10 Å². The van der Waals surface area contributed by atoms with Crippen LogP contribution >= 0.6 is 34.5 Å². The normalized spacial score (nSPS) is 11.0. The third kappa shape index (κ3) is 5.03. The highest BCUT2D eigenvalue weighted by molar-refractivity contribution is 7.20. The zero-order chi connectivity index (χ0) is 21.8. The quantitative estimate of drug-likeness (QED) is 0.301. The summed E-state index contributed by atoms with van der Waals surface area (Å²) >= 11 is 13.2. The number of nitrogens with zero attached hydrogens (tertiary/aromatic N) is 2. The number of amides is 1. The Morgan fingerprint density at radius 1 is 1.23 bits per heavy atom. The largest absolute Gasteiger partial charge is 0.479 e. The van der Waals surface area contributed by atoms with Gasteiger partial charge in [-0.15, -0.1) is 11.3 Å². The maximum absolute atomic E-state index is 12.3. The average molecular weight is 468 g/mol. The molecule has 12 heteroatoms. The molecule has 0 unspecified atom stereocenters. The number of ether oxygens (including phenoxy) is 1. The lowest BCUT2D eigenvalue weighted by molar-refractivity contribution is -0.384. The molecule has 9 nitrogen and oxygen atoms in total. The van der Waals surface area contributed by atoms with Gasteiger partial charge in [0.2, 0.25) is 0 Å². The summed E-state index contributed by atoms with van der Waals surface area (Å²) in [6, 6.07) is 8.77. The fraction of sp³-hybridized carbons (Fsp3) is 0.0556. The predicted molar refractivity (Wildman–Crippen MR) is 113 cm³/mol. The van der Waals surface area contributed by atoms with Gasteiger partial charge in [-0.05, 0) is 29.8 Å². The zero-order valence-electron chi connectivity index (χ0n) is 14.8. The Labute approximate surface area is 182 Å². The molecule has 0 aliphatic carbocycles. The second-order valence-electron chi connectivity index (χ2n) is 5.79. The molecular formula is C18H11Cl2N3O6S. The van der Waals surface area contributed by atoms with Crippen molar-refractivity contribution in [2.45, 2.75) is 0 Å². The van der Waals surface area contributed by atoms with Crippen LogP contribution in [-0.4, -0.2) is 34.7 Å². The second kappa shape index (κ2) is 9.08. The number of nitro benzene ring substituents is 1. The highest BCUT2D eigenvalue weighted by atomic mass is 35.5. The molecule has 0 aliphatic rings. The number of fused-ring (bicyclic) bond motifs is 1. The van der Waals surface area contributed by atoms with Crippen molar-refractivity contribution < 1.29 is 24.4 Å². The molecule has 2 N–H and O–H groups in total. The predicted octanol–water partition coefficient (Wildman–Crippen LogP) is 4.34. The smallest absolute Gasteiger partial charge is 0.341 e. The van der Waals surface area contributed by atoms with E-state index in [1.54, 1.807) is 12.1 Å². The SMILES string of the molecule is O=C(O)COc1c(Cl)cc(/C=N\NC(=O)c2cc3cc([N+](=O)[O-])ccc3s2)cc1Cl. The standard InChI is InChI=1S/C18H11Cl2N3O6S/c19-12-3-9(4-13(20)17(12)29-8-16(24)25)7-21-22-18(26)15-6-10-5-11(23(27)28)1-2-14(10)30-15/h1-7H,8H2,(H,22,26)(H,24,25)/b21-7-. The van der Waals surface area contributed by atoms with Crippen LogP contribution in [0.5, 0.6) is 5.75 Å². The van der Waals surface area contributed by atoms with E-state index in [0.29, 0.717) is 15.8 Å². The molecule has 0 saturated carbocycles. The van der Waals surface area contributed by atoms with Crippen molar-refractivity contribution in [2.75, 3.05) is 6.61 Å². The summed E-state index contributed by atoms with van der Waals surface area (Å²) in [5, 5.41) is 24.1. The van der Waals surface area contributed by atoms with E-state index in [0.717, 1.165) is 4.70 Å². The Morgan fingerprint density at radius 3 is 2.57 bits per heavy atom. The Balaban J connectivity index is 1.70. The lowest BCUT2D eigenvalue weighted by Crippen LogP contribution is -2.16. The number of nitrogens with one attached hydrogen (secondary N) is 1. The van der Waals surface area contributed by atoms with Gasteiger partial charge >= 0.3 is 5.97 Å². The van der Waals surface area contributed by atoms with Crippen molar-refractivity contribution in [3.8, 4) is 5.75 Å². The number of carboxylic acids is 1. The summed E-state index contributed by atoms with van der Waals surface area (Å²) in [6.45, 7) is -0.596. The third-order valence-electron chi connectivity index (χ3n) is 3.67. The first kappa shape index (κ1) is 21.5. The number of nitro groups is 1. The number of carbonyl (C=O) groups excluding carboxylic acids is 1. The van der Waals surface area contributed by atoms with Crippen LogP contribution in [0.25, 0.3) is 10.1 Å². The third-order valence-corrected chi connectivity index (χ3v) is 5.35. The number of hydrogen-bond acceptors (Lipinski definition) is 7. The Hall–Kier alpha value is -3.21. The van der Waals surface area contributed by atoms with E-state index in [2.05, 4.69) is 10.5 Å². The fourth-order valence-corrected chi connectivity index (χ4v) is 3.95. The molecule has 2 aromatic carbocycles. The number of carboxylic acid groups (broad SMARTS) is 1. The highest BCUT2D eigenvalue weighted by Gasteiger charge is 2.14. The maximum atomic E-state index is 12.3. The highest BCUT2D eigenvalue weighted by Crippen LogP contribution is 2.34. The monoisotopic (exact) mass is 467 g/mol. The molecule has 30 heavy (non-hydrogen) atoms. The second-order valence-corrected chi connectivity index (χ2v) is 7.68. The number of benzene rings is 2. The Kier molecular flexibility index (Phi) is 6.50. The topological polar surface area (TPSA) is 131 Å². The summed E-state index contributed by atoms with van der Waals surface area (Å²) in [5.74, 6) is -1.64. The van der Waals surface area contributed by atoms with Crippen LogP contribution in [0.15, 0.2) is 41.5 Å². The minimum atomic E-state index is -1.17. The van der Waals surface area contributed by atoms with Gasteiger partial charge < -0.3 is 9.84 Å². The lowest BCUT2D eigenvalue weighted by Gasteiger charge is -2.08. The Bertz CT molecular complexity index is 1170. The number of hydrogen-bond donors (Lipinski definition) is 2. The van der Waals surface area contributed by atoms with E-state index >= 15 is 0 Å². The lowest BCUT2D eigenvalue weighted by atomic mass is 10.2.